The quantitative estimate of drug-likeness (QED) is 0.407. The first-order valence-electron chi connectivity index (χ1n) is 7.48. The molecule has 0 saturated carbocycles. The first-order valence-corrected chi connectivity index (χ1v) is 8.30. The van der Waals surface area contributed by atoms with Crippen LogP contribution in [0.5, 0.6) is 0 Å². The standard InChI is InChI=1S/C14H32O2Si/c1-2-3-11-14(16-17)12-9-7-5-4-6-8-10-13-15/h14-15H,2-13H2,1,17H3. The Morgan fingerprint density at radius 3 is 1.94 bits per heavy atom. The van der Waals surface area contributed by atoms with Crippen LogP contribution in [-0.2, 0) is 4.43 Å². The molecule has 0 aromatic rings. The van der Waals surface area contributed by atoms with Crippen molar-refractivity contribution in [2.45, 2.75) is 83.7 Å². The molecule has 0 aromatic heterocycles. The number of hydrogen-bond acceptors (Lipinski definition) is 2. The highest BCUT2D eigenvalue weighted by Crippen LogP contribution is 2.14. The predicted octanol–water partition coefficient (Wildman–Crippen LogP) is 2.96. The molecule has 1 atom stereocenters. The van der Waals surface area contributed by atoms with Gasteiger partial charge in [0.05, 0.1) is 0 Å². The van der Waals surface area contributed by atoms with E-state index in [1.165, 1.54) is 64.2 Å². The van der Waals surface area contributed by atoms with E-state index in [2.05, 4.69) is 6.92 Å². The summed E-state index contributed by atoms with van der Waals surface area (Å²) in [6, 6.07) is 0. The van der Waals surface area contributed by atoms with Crippen LogP contribution in [0.15, 0.2) is 0 Å². The SMILES string of the molecule is CCCCC(CCCCCCCCCO)O[SiH3]. The smallest absolute Gasteiger partial charge is 0.146 e. The zero-order valence-corrected chi connectivity index (χ0v) is 13.9. The Kier molecular flexibility index (Phi) is 14.3. The maximum atomic E-state index is 8.66. The molecule has 17 heavy (non-hydrogen) atoms. The summed E-state index contributed by atoms with van der Waals surface area (Å²) in [5, 5.41) is 8.66. The summed E-state index contributed by atoms with van der Waals surface area (Å²) in [7, 11) is 0.886. The lowest BCUT2D eigenvalue weighted by atomic mass is 10.0. The van der Waals surface area contributed by atoms with Crippen molar-refractivity contribution in [3.05, 3.63) is 0 Å². The molecule has 0 spiro atoms. The van der Waals surface area contributed by atoms with E-state index in [1.807, 2.05) is 0 Å². The molecule has 0 aromatic carbocycles. The largest absolute Gasteiger partial charge is 0.425 e. The molecular weight excluding hydrogens is 228 g/mol. The zero-order chi connectivity index (χ0) is 12.8. The average Bonchev–Trinajstić information content (AvgIpc) is 2.36. The van der Waals surface area contributed by atoms with Gasteiger partial charge in [-0.3, -0.25) is 0 Å². The van der Waals surface area contributed by atoms with Crippen LogP contribution in [0.2, 0.25) is 0 Å². The fourth-order valence-corrected chi connectivity index (χ4v) is 2.65. The molecule has 3 heteroatoms. The van der Waals surface area contributed by atoms with Crippen molar-refractivity contribution >= 4 is 10.5 Å². The average molecular weight is 260 g/mol. The van der Waals surface area contributed by atoms with Crippen molar-refractivity contribution in [3.63, 3.8) is 0 Å². The van der Waals surface area contributed by atoms with E-state index in [9.17, 15) is 0 Å². The van der Waals surface area contributed by atoms with Gasteiger partial charge >= 0.3 is 0 Å². The Morgan fingerprint density at radius 1 is 0.882 bits per heavy atom. The first-order chi connectivity index (χ1) is 8.35. The lowest BCUT2D eigenvalue weighted by molar-refractivity contribution is 0.190. The van der Waals surface area contributed by atoms with Crippen LogP contribution in [0.1, 0.15) is 77.6 Å². The van der Waals surface area contributed by atoms with E-state index in [-0.39, 0.29) is 0 Å². The van der Waals surface area contributed by atoms with Gasteiger partial charge in [-0.25, -0.2) is 0 Å². The highest BCUT2D eigenvalue weighted by molar-refractivity contribution is 5.98. The van der Waals surface area contributed by atoms with Gasteiger partial charge in [0.2, 0.25) is 0 Å². The van der Waals surface area contributed by atoms with Crippen molar-refractivity contribution in [3.8, 4) is 0 Å². The molecule has 0 fully saturated rings. The molecule has 0 radical (unpaired) electrons. The fourth-order valence-electron chi connectivity index (χ4n) is 2.18. The Morgan fingerprint density at radius 2 is 1.41 bits per heavy atom. The minimum Gasteiger partial charge on any atom is -0.425 e. The van der Waals surface area contributed by atoms with Gasteiger partial charge in [-0.05, 0) is 19.3 Å². The van der Waals surface area contributed by atoms with Gasteiger partial charge in [0.15, 0.2) is 0 Å². The monoisotopic (exact) mass is 260 g/mol. The fraction of sp³-hybridized carbons (Fsp3) is 1.00. The lowest BCUT2D eigenvalue weighted by Crippen LogP contribution is -2.10. The molecule has 0 heterocycles. The highest BCUT2D eigenvalue weighted by atomic mass is 28.2. The normalized spacial score (nSPS) is 13.1. The summed E-state index contributed by atoms with van der Waals surface area (Å²) in [5.41, 5.74) is 0. The van der Waals surface area contributed by atoms with Crippen LogP contribution in [0.4, 0.5) is 0 Å². The summed E-state index contributed by atoms with van der Waals surface area (Å²) in [6.45, 7) is 2.60. The molecule has 0 bridgehead atoms. The Labute approximate surface area is 111 Å². The molecule has 1 N–H and O–H groups in total. The van der Waals surface area contributed by atoms with Gasteiger partial charge in [0.1, 0.15) is 10.5 Å². The van der Waals surface area contributed by atoms with E-state index in [1.54, 1.807) is 0 Å². The molecule has 0 rings (SSSR count). The summed E-state index contributed by atoms with van der Waals surface area (Å²) in [5.74, 6) is 0. The highest BCUT2D eigenvalue weighted by Gasteiger charge is 2.05. The first kappa shape index (κ1) is 17.1. The van der Waals surface area contributed by atoms with Crippen LogP contribution in [0.25, 0.3) is 0 Å². The Bertz CT molecular complexity index is 142. The van der Waals surface area contributed by atoms with Crippen LogP contribution in [0.3, 0.4) is 0 Å². The van der Waals surface area contributed by atoms with Crippen molar-refractivity contribution in [1.82, 2.24) is 0 Å². The van der Waals surface area contributed by atoms with E-state index in [0.29, 0.717) is 12.7 Å². The molecule has 104 valence electrons. The summed E-state index contributed by atoms with van der Waals surface area (Å²) >= 11 is 0. The van der Waals surface area contributed by atoms with E-state index in [0.717, 1.165) is 16.9 Å². The van der Waals surface area contributed by atoms with Crippen LogP contribution < -0.4 is 0 Å². The van der Waals surface area contributed by atoms with E-state index < -0.39 is 0 Å². The van der Waals surface area contributed by atoms with Gasteiger partial charge in [0.25, 0.3) is 0 Å². The van der Waals surface area contributed by atoms with Crippen molar-refractivity contribution in [2.24, 2.45) is 0 Å². The van der Waals surface area contributed by atoms with Crippen LogP contribution in [0, 0.1) is 0 Å². The van der Waals surface area contributed by atoms with Crippen LogP contribution in [-0.4, -0.2) is 28.3 Å². The van der Waals surface area contributed by atoms with E-state index >= 15 is 0 Å². The van der Waals surface area contributed by atoms with Gasteiger partial charge < -0.3 is 9.53 Å². The molecule has 0 aliphatic rings. The Balaban J connectivity index is 3.19. The predicted molar refractivity (Wildman–Crippen MR) is 78.4 cm³/mol. The number of aliphatic hydroxyl groups excluding tert-OH is 1. The Hall–Kier alpha value is 0.137. The van der Waals surface area contributed by atoms with Crippen molar-refractivity contribution in [2.75, 3.05) is 6.61 Å². The number of rotatable bonds is 13. The number of unbranched alkanes of at least 4 members (excludes halogenated alkanes) is 7. The minimum atomic E-state index is 0.358. The molecule has 2 nitrogen and oxygen atoms in total. The third-order valence-electron chi connectivity index (χ3n) is 3.40. The maximum absolute atomic E-state index is 8.66. The van der Waals surface area contributed by atoms with Crippen molar-refractivity contribution in [1.29, 1.82) is 0 Å². The van der Waals surface area contributed by atoms with Crippen molar-refractivity contribution < 1.29 is 9.53 Å². The second kappa shape index (κ2) is 14.2. The summed E-state index contributed by atoms with van der Waals surface area (Å²) < 4.78 is 5.62. The zero-order valence-electron chi connectivity index (χ0n) is 11.9. The van der Waals surface area contributed by atoms with E-state index in [4.69, 9.17) is 9.53 Å². The molecule has 0 amide bonds. The molecule has 0 aliphatic carbocycles. The van der Waals surface area contributed by atoms with Gasteiger partial charge in [0, 0.05) is 12.7 Å². The van der Waals surface area contributed by atoms with Gasteiger partial charge in [-0.1, -0.05) is 58.3 Å². The molecule has 0 aliphatic heterocycles. The number of aliphatic hydroxyl groups is 1. The lowest BCUT2D eigenvalue weighted by Gasteiger charge is -2.15. The van der Waals surface area contributed by atoms with Gasteiger partial charge in [-0.2, -0.15) is 0 Å². The molecule has 1 unspecified atom stereocenters. The minimum absolute atomic E-state index is 0.358. The molecule has 0 saturated heterocycles. The third kappa shape index (κ3) is 12.4. The van der Waals surface area contributed by atoms with Crippen LogP contribution >= 0.6 is 0 Å². The topological polar surface area (TPSA) is 29.5 Å². The number of hydrogen-bond donors (Lipinski definition) is 1. The summed E-state index contributed by atoms with van der Waals surface area (Å²) in [6.07, 6.45) is 14.5. The third-order valence-corrected chi connectivity index (χ3v) is 4.06. The summed E-state index contributed by atoms with van der Waals surface area (Å²) in [4.78, 5) is 0. The maximum Gasteiger partial charge on any atom is 0.146 e. The second-order valence-corrected chi connectivity index (χ2v) is 5.46. The second-order valence-electron chi connectivity index (χ2n) is 4.99. The molecular formula is C14H32O2Si. The van der Waals surface area contributed by atoms with Gasteiger partial charge in [-0.15, -0.1) is 0 Å².